The summed E-state index contributed by atoms with van der Waals surface area (Å²) in [5.41, 5.74) is 0. The van der Waals surface area contributed by atoms with Crippen molar-refractivity contribution in [2.45, 2.75) is 12.5 Å². The monoisotopic (exact) mass is 238 g/mol. The quantitative estimate of drug-likeness (QED) is 0.629. The first kappa shape index (κ1) is 11.7. The van der Waals surface area contributed by atoms with Gasteiger partial charge in [0.15, 0.2) is 0 Å². The van der Waals surface area contributed by atoms with Crippen LogP contribution in [0.1, 0.15) is 6.42 Å². The number of hydrogen-bond donors (Lipinski definition) is 2. The smallest absolute Gasteiger partial charge is 0.379 e. The van der Waals surface area contributed by atoms with Gasteiger partial charge in [0.1, 0.15) is 13.2 Å². The number of carbonyl (C=O) groups excluding carboxylic acids is 2. The molecule has 0 saturated carbocycles. The van der Waals surface area contributed by atoms with Crippen molar-refractivity contribution in [3.8, 4) is 0 Å². The van der Waals surface area contributed by atoms with Crippen molar-refractivity contribution in [2.75, 3.05) is 20.3 Å². The lowest BCUT2D eigenvalue weighted by molar-refractivity contribution is -0.780. The number of ether oxygens (including phenoxy) is 1. The van der Waals surface area contributed by atoms with E-state index in [-0.39, 0.29) is 10.6 Å². The minimum atomic E-state index is -0.527. The molecule has 1 radical (unpaired) electrons. The van der Waals surface area contributed by atoms with E-state index in [0.717, 1.165) is 6.42 Å². The number of nitrogens with one attached hydrogen (secondary N) is 2. The van der Waals surface area contributed by atoms with Crippen LogP contribution in [-0.4, -0.2) is 49.2 Å². The number of allylic oxidation sites excluding steroid dienone is 1. The fourth-order valence-electron chi connectivity index (χ4n) is 1.56. The molecule has 1 unspecified atom stereocenters. The maximum atomic E-state index is 11.7. The minimum Gasteiger partial charge on any atom is -0.379 e. The number of amides is 4. The summed E-state index contributed by atoms with van der Waals surface area (Å²) in [7, 11) is 1.55. The topological polar surface area (TPSA) is 79.8 Å². The Morgan fingerprint density at radius 3 is 3.00 bits per heavy atom. The molecule has 2 atom stereocenters. The maximum Gasteiger partial charge on any atom is 0.455 e. The molecule has 2 heterocycles. The molecule has 1 saturated heterocycles. The molecule has 0 bridgehead atoms. The Hall–Kier alpha value is -1.73. The molecule has 0 aromatic carbocycles. The predicted molar refractivity (Wildman–Crippen MR) is 58.8 cm³/mol. The summed E-state index contributed by atoms with van der Waals surface area (Å²) in [6, 6.07) is -1.08. The normalized spacial score (nSPS) is 30.5. The van der Waals surface area contributed by atoms with Crippen molar-refractivity contribution in [2.24, 2.45) is 5.10 Å². The van der Waals surface area contributed by atoms with Gasteiger partial charge in [0.25, 0.3) is 0 Å². The summed E-state index contributed by atoms with van der Waals surface area (Å²) in [5.74, 6) is 0. The third-order valence-electron chi connectivity index (χ3n) is 2.59. The molecule has 7 heteroatoms. The van der Waals surface area contributed by atoms with E-state index < -0.39 is 12.1 Å². The van der Waals surface area contributed by atoms with Gasteiger partial charge in [-0.15, -0.1) is 0 Å². The molecule has 0 spiro atoms. The summed E-state index contributed by atoms with van der Waals surface area (Å²) in [4.78, 5) is 23.2. The third-order valence-corrected chi connectivity index (χ3v) is 2.59. The fourth-order valence-corrected chi connectivity index (χ4v) is 1.56. The van der Waals surface area contributed by atoms with Gasteiger partial charge in [-0.05, 0) is 6.42 Å². The Balaban J connectivity index is 1.84. The van der Waals surface area contributed by atoms with Crippen molar-refractivity contribution >= 4 is 18.3 Å². The number of quaternary nitrogens is 1. The second-order valence-corrected chi connectivity index (χ2v) is 4.03. The fraction of sp³-hybridized carbons (Fsp3) is 0.500. The zero-order chi connectivity index (χ0) is 12.3. The van der Waals surface area contributed by atoms with Crippen LogP contribution >= 0.6 is 0 Å². The van der Waals surface area contributed by atoms with E-state index in [1.807, 2.05) is 0 Å². The number of hydrogen-bond acceptors (Lipinski definition) is 4. The van der Waals surface area contributed by atoms with Crippen molar-refractivity contribution in [3.63, 3.8) is 0 Å². The molecule has 0 aromatic rings. The van der Waals surface area contributed by atoms with Gasteiger partial charge in [-0.1, -0.05) is 9.69 Å². The van der Waals surface area contributed by atoms with Crippen LogP contribution in [0, 0.1) is 6.08 Å². The summed E-state index contributed by atoms with van der Waals surface area (Å²) < 4.78 is 4.76. The predicted octanol–water partition coefficient (Wildman–Crippen LogP) is -0.0426. The van der Waals surface area contributed by atoms with Gasteiger partial charge < -0.3 is 10.1 Å². The molecule has 2 N–H and O–H groups in total. The van der Waals surface area contributed by atoms with Crippen molar-refractivity contribution < 1.29 is 18.9 Å². The number of urea groups is 2. The molecular weight excluding hydrogens is 224 g/mol. The lowest BCUT2D eigenvalue weighted by Crippen LogP contribution is -2.52. The SMILES string of the molecule is C[N@@+]1(C(=O)NC(=O)NC2CCOC2)C=[C]C=N1. The van der Waals surface area contributed by atoms with Crippen molar-refractivity contribution in [1.29, 1.82) is 0 Å². The Morgan fingerprint density at radius 2 is 2.41 bits per heavy atom. The molecule has 17 heavy (non-hydrogen) atoms. The third kappa shape index (κ3) is 2.69. The highest BCUT2D eigenvalue weighted by Crippen LogP contribution is 2.09. The molecule has 0 aliphatic carbocycles. The number of rotatable bonds is 1. The van der Waals surface area contributed by atoms with Gasteiger partial charge in [-0.2, -0.15) is 0 Å². The molecule has 91 valence electrons. The molecule has 7 nitrogen and oxygen atoms in total. The average molecular weight is 238 g/mol. The van der Waals surface area contributed by atoms with Crippen LogP contribution in [0.5, 0.6) is 0 Å². The van der Waals surface area contributed by atoms with Gasteiger partial charge in [-0.3, -0.25) is 0 Å². The van der Waals surface area contributed by atoms with Crippen LogP contribution in [0.3, 0.4) is 0 Å². The summed E-state index contributed by atoms with van der Waals surface area (Å²) in [6.07, 6.45) is 6.30. The summed E-state index contributed by atoms with van der Waals surface area (Å²) in [6.45, 7) is 1.12. The molecule has 1 fully saturated rings. The van der Waals surface area contributed by atoms with E-state index >= 15 is 0 Å². The second-order valence-electron chi connectivity index (χ2n) is 4.03. The highest BCUT2D eigenvalue weighted by Gasteiger charge is 2.34. The second kappa shape index (κ2) is 4.64. The van der Waals surface area contributed by atoms with Gasteiger partial charge in [0.2, 0.25) is 0 Å². The summed E-state index contributed by atoms with van der Waals surface area (Å²) >= 11 is 0. The van der Waals surface area contributed by atoms with E-state index in [4.69, 9.17) is 4.74 Å². The first-order chi connectivity index (χ1) is 8.10. The number of imide groups is 1. The number of carbonyl (C=O) groups is 2. The minimum absolute atomic E-state index is 0.0303. The summed E-state index contributed by atoms with van der Waals surface area (Å²) in [5, 5.41) is 8.77. The van der Waals surface area contributed by atoms with Crippen molar-refractivity contribution in [3.05, 3.63) is 12.3 Å². The van der Waals surface area contributed by atoms with Crippen LogP contribution in [0.2, 0.25) is 0 Å². The Morgan fingerprint density at radius 1 is 1.59 bits per heavy atom. The molecular formula is C10H14N4O3+. The van der Waals surface area contributed by atoms with Crippen LogP contribution in [0.15, 0.2) is 11.3 Å². The Bertz CT molecular complexity index is 373. The van der Waals surface area contributed by atoms with Gasteiger partial charge >= 0.3 is 12.1 Å². The lowest BCUT2D eigenvalue weighted by atomic mass is 10.3. The van der Waals surface area contributed by atoms with Crippen LogP contribution in [0.4, 0.5) is 9.59 Å². The highest BCUT2D eigenvalue weighted by atomic mass is 16.5. The van der Waals surface area contributed by atoms with E-state index in [1.165, 1.54) is 12.4 Å². The lowest BCUT2D eigenvalue weighted by Gasteiger charge is -2.17. The molecule has 4 amide bonds. The Labute approximate surface area is 98.7 Å². The largest absolute Gasteiger partial charge is 0.455 e. The van der Waals surface area contributed by atoms with Crippen LogP contribution in [-0.2, 0) is 4.74 Å². The van der Waals surface area contributed by atoms with Crippen LogP contribution < -0.4 is 10.6 Å². The molecule has 2 aliphatic rings. The van der Waals surface area contributed by atoms with E-state index in [2.05, 4.69) is 21.8 Å². The van der Waals surface area contributed by atoms with Crippen LogP contribution in [0.25, 0.3) is 0 Å². The highest BCUT2D eigenvalue weighted by molar-refractivity contribution is 5.91. The zero-order valence-electron chi connectivity index (χ0n) is 9.47. The zero-order valence-corrected chi connectivity index (χ0v) is 9.47. The number of nitrogens with zero attached hydrogens (tertiary/aromatic N) is 2. The molecule has 0 aromatic heterocycles. The van der Waals surface area contributed by atoms with E-state index in [0.29, 0.717) is 13.2 Å². The Kier molecular flexibility index (Phi) is 3.21. The van der Waals surface area contributed by atoms with Crippen molar-refractivity contribution in [1.82, 2.24) is 10.6 Å². The van der Waals surface area contributed by atoms with Gasteiger partial charge in [-0.25, -0.2) is 14.9 Å². The first-order valence-electron chi connectivity index (χ1n) is 5.31. The van der Waals surface area contributed by atoms with E-state index in [1.54, 1.807) is 7.05 Å². The molecule has 2 aliphatic heterocycles. The standard InChI is InChI=1S/C10H13N4O3/c1-14(5-2-4-11-14)10(16)13-9(15)12-8-3-6-17-7-8/h4-5,8H,3,6-7H2,1H3,(H-,12,13,15,16)/p+1/t8?,14-/m0/s1. The average Bonchev–Trinajstić information content (AvgIpc) is 2.90. The first-order valence-corrected chi connectivity index (χ1v) is 5.31. The molecule has 2 rings (SSSR count). The van der Waals surface area contributed by atoms with Gasteiger partial charge in [0, 0.05) is 6.61 Å². The van der Waals surface area contributed by atoms with E-state index in [9.17, 15) is 9.59 Å². The van der Waals surface area contributed by atoms with Gasteiger partial charge in [0.05, 0.1) is 24.9 Å². The maximum absolute atomic E-state index is 11.7.